The Balaban J connectivity index is 1.58. The quantitative estimate of drug-likeness (QED) is 0.641. The summed E-state index contributed by atoms with van der Waals surface area (Å²) < 4.78 is 9.82. The minimum atomic E-state index is -0.938. The van der Waals surface area contributed by atoms with Gasteiger partial charge in [0, 0.05) is 12.0 Å². The second-order valence-corrected chi connectivity index (χ2v) is 7.95. The molecule has 1 unspecified atom stereocenters. The summed E-state index contributed by atoms with van der Waals surface area (Å²) in [5.74, 6) is 1.48. The first kappa shape index (κ1) is 19.2. The number of aromatic nitrogens is 3. The lowest BCUT2D eigenvalue weighted by atomic mass is 9.86. The highest BCUT2D eigenvalue weighted by Crippen LogP contribution is 2.40. The largest absolute Gasteiger partial charge is 0.872 e. The van der Waals surface area contributed by atoms with Crippen LogP contribution in [-0.2, 0) is 17.8 Å². The standard InChI is InChI=1S/C23H25N3O3/c1-15-12-20(27)16(2)19-10-11-23(4,29-22(15)19)21(28)13-25-14-26(17(3)24-25)18-8-6-5-7-9-18/h5-9,12,14H,10-11,13H2,1-4H3. The van der Waals surface area contributed by atoms with Gasteiger partial charge in [-0.2, -0.15) is 0 Å². The van der Waals surface area contributed by atoms with Crippen LogP contribution in [0.2, 0.25) is 0 Å². The fourth-order valence-corrected chi connectivity index (χ4v) is 3.92. The lowest BCUT2D eigenvalue weighted by Gasteiger charge is -2.36. The highest BCUT2D eigenvalue weighted by Gasteiger charge is 2.41. The van der Waals surface area contributed by atoms with Gasteiger partial charge in [0.1, 0.15) is 11.4 Å². The number of ether oxygens (including phenoxy) is 1. The molecule has 0 saturated carbocycles. The molecule has 0 aliphatic carbocycles. The van der Waals surface area contributed by atoms with E-state index in [-0.39, 0.29) is 18.1 Å². The Morgan fingerprint density at radius 2 is 2.00 bits per heavy atom. The van der Waals surface area contributed by atoms with E-state index in [1.807, 2.05) is 68.9 Å². The van der Waals surface area contributed by atoms with E-state index in [9.17, 15) is 9.90 Å². The minimum Gasteiger partial charge on any atom is -0.872 e. The van der Waals surface area contributed by atoms with Crippen LogP contribution in [0.25, 0.3) is 5.69 Å². The molecule has 1 aromatic heterocycles. The summed E-state index contributed by atoms with van der Waals surface area (Å²) in [6.07, 6.45) is 3.03. The van der Waals surface area contributed by atoms with Gasteiger partial charge in [0.25, 0.3) is 5.82 Å². The first-order chi connectivity index (χ1) is 13.8. The van der Waals surface area contributed by atoms with Gasteiger partial charge in [0.15, 0.2) is 12.1 Å². The SMILES string of the molecule is Cc1cc([O-])c(C)c2c1OC(C)(C(=O)Cn1c[n+](-c3ccccc3)c(C)n1)CC2. The van der Waals surface area contributed by atoms with Gasteiger partial charge in [-0.15, -0.1) is 10.4 Å². The monoisotopic (exact) mass is 391 g/mol. The maximum atomic E-state index is 13.2. The van der Waals surface area contributed by atoms with E-state index >= 15 is 0 Å². The Hall–Kier alpha value is -3.15. The zero-order chi connectivity index (χ0) is 20.8. The van der Waals surface area contributed by atoms with E-state index in [0.29, 0.717) is 24.2 Å². The zero-order valence-electron chi connectivity index (χ0n) is 17.2. The average molecular weight is 391 g/mol. The van der Waals surface area contributed by atoms with Crippen LogP contribution in [0.4, 0.5) is 0 Å². The number of hydrogen-bond donors (Lipinski definition) is 0. The molecular formula is C23H25N3O3. The summed E-state index contributed by atoms with van der Waals surface area (Å²) in [7, 11) is 0. The summed E-state index contributed by atoms with van der Waals surface area (Å²) in [5, 5.41) is 16.6. The van der Waals surface area contributed by atoms with E-state index in [1.165, 1.54) is 0 Å². The number of Topliss-reactive ketones (excluding diaryl/α,β-unsaturated/α-hetero) is 1. The van der Waals surface area contributed by atoms with Crippen molar-refractivity contribution in [2.75, 3.05) is 0 Å². The minimum absolute atomic E-state index is 0.0252. The Morgan fingerprint density at radius 1 is 1.28 bits per heavy atom. The van der Waals surface area contributed by atoms with Gasteiger partial charge < -0.3 is 9.84 Å². The van der Waals surface area contributed by atoms with E-state index in [4.69, 9.17) is 4.74 Å². The van der Waals surface area contributed by atoms with Gasteiger partial charge in [-0.3, -0.25) is 4.79 Å². The van der Waals surface area contributed by atoms with Crippen molar-refractivity contribution in [2.45, 2.75) is 52.7 Å². The van der Waals surface area contributed by atoms with E-state index in [1.54, 1.807) is 10.7 Å². The predicted molar refractivity (Wildman–Crippen MR) is 106 cm³/mol. The number of fused-ring (bicyclic) bond motifs is 1. The van der Waals surface area contributed by atoms with Gasteiger partial charge in [0.2, 0.25) is 12.1 Å². The molecule has 150 valence electrons. The molecular weight excluding hydrogens is 366 g/mol. The third kappa shape index (κ3) is 3.39. The van der Waals surface area contributed by atoms with Gasteiger partial charge in [-0.05, 0) is 56.9 Å². The number of para-hydroxylation sites is 1. The smallest absolute Gasteiger partial charge is 0.279 e. The fourth-order valence-electron chi connectivity index (χ4n) is 3.92. The Labute approximate surface area is 170 Å². The van der Waals surface area contributed by atoms with Gasteiger partial charge in [0.05, 0.1) is 0 Å². The van der Waals surface area contributed by atoms with E-state index in [0.717, 1.165) is 22.6 Å². The number of ketones is 1. The molecule has 0 radical (unpaired) electrons. The van der Waals surface area contributed by atoms with Crippen molar-refractivity contribution >= 4 is 5.78 Å². The van der Waals surface area contributed by atoms with Gasteiger partial charge in [-0.1, -0.05) is 29.8 Å². The van der Waals surface area contributed by atoms with E-state index < -0.39 is 5.60 Å². The van der Waals surface area contributed by atoms with Crippen LogP contribution in [0, 0.1) is 20.8 Å². The number of carbonyl (C=O) groups is 1. The molecule has 1 atom stereocenters. The van der Waals surface area contributed by atoms with Crippen LogP contribution in [-0.4, -0.2) is 21.2 Å². The third-order valence-electron chi connectivity index (χ3n) is 5.78. The highest BCUT2D eigenvalue weighted by atomic mass is 16.5. The molecule has 0 amide bonds. The Kier molecular flexibility index (Phi) is 4.65. The lowest BCUT2D eigenvalue weighted by molar-refractivity contribution is -0.603. The number of rotatable bonds is 4. The van der Waals surface area contributed by atoms with Crippen molar-refractivity contribution in [1.29, 1.82) is 0 Å². The second kappa shape index (κ2) is 7.03. The molecule has 0 spiro atoms. The first-order valence-electron chi connectivity index (χ1n) is 9.82. The molecule has 1 aliphatic heterocycles. The summed E-state index contributed by atoms with van der Waals surface area (Å²) in [6, 6.07) is 11.5. The highest BCUT2D eigenvalue weighted by molar-refractivity contribution is 5.87. The van der Waals surface area contributed by atoms with Crippen LogP contribution < -0.4 is 14.4 Å². The van der Waals surface area contributed by atoms with Crippen LogP contribution in [0.5, 0.6) is 11.5 Å². The molecule has 2 aromatic carbocycles. The van der Waals surface area contributed by atoms with Crippen molar-refractivity contribution in [2.24, 2.45) is 0 Å². The van der Waals surface area contributed by atoms with Crippen molar-refractivity contribution in [3.05, 3.63) is 65.2 Å². The number of benzene rings is 2. The fraction of sp³-hybridized carbons (Fsp3) is 0.348. The topological polar surface area (TPSA) is 71.1 Å². The Morgan fingerprint density at radius 3 is 2.72 bits per heavy atom. The number of aryl methyl sites for hydroxylation is 2. The molecule has 6 heteroatoms. The van der Waals surface area contributed by atoms with Crippen LogP contribution >= 0.6 is 0 Å². The van der Waals surface area contributed by atoms with Crippen LogP contribution in [0.15, 0.2) is 42.7 Å². The second-order valence-electron chi connectivity index (χ2n) is 7.95. The molecule has 2 heterocycles. The van der Waals surface area contributed by atoms with E-state index in [2.05, 4.69) is 5.10 Å². The Bertz CT molecular complexity index is 1090. The van der Waals surface area contributed by atoms with Crippen molar-refractivity contribution in [1.82, 2.24) is 9.78 Å². The molecule has 6 nitrogen and oxygen atoms in total. The predicted octanol–water partition coefficient (Wildman–Crippen LogP) is 2.51. The molecule has 0 fully saturated rings. The molecule has 4 rings (SSSR count). The molecule has 29 heavy (non-hydrogen) atoms. The van der Waals surface area contributed by atoms with Gasteiger partial charge in [-0.25, -0.2) is 4.57 Å². The van der Waals surface area contributed by atoms with Crippen LogP contribution in [0.3, 0.4) is 0 Å². The summed E-state index contributed by atoms with van der Waals surface area (Å²) in [5.41, 5.74) is 2.48. The zero-order valence-corrected chi connectivity index (χ0v) is 17.2. The maximum absolute atomic E-state index is 13.2. The normalized spacial score (nSPS) is 18.2. The average Bonchev–Trinajstić information content (AvgIpc) is 3.07. The van der Waals surface area contributed by atoms with Gasteiger partial charge >= 0.3 is 0 Å². The summed E-state index contributed by atoms with van der Waals surface area (Å²) in [6.45, 7) is 7.55. The molecule has 0 saturated heterocycles. The third-order valence-corrected chi connectivity index (χ3v) is 5.78. The molecule has 0 N–H and O–H groups in total. The summed E-state index contributed by atoms with van der Waals surface area (Å²) >= 11 is 0. The van der Waals surface area contributed by atoms with Crippen molar-refractivity contribution in [3.8, 4) is 17.2 Å². The van der Waals surface area contributed by atoms with Crippen LogP contribution in [0.1, 0.15) is 35.9 Å². The van der Waals surface area contributed by atoms with Crippen molar-refractivity contribution < 1.29 is 19.2 Å². The van der Waals surface area contributed by atoms with Crippen molar-refractivity contribution in [3.63, 3.8) is 0 Å². The number of carbonyl (C=O) groups excluding carboxylic acids is 1. The number of nitrogens with zero attached hydrogens (tertiary/aromatic N) is 3. The summed E-state index contributed by atoms with van der Waals surface area (Å²) in [4.78, 5) is 13.2. The molecule has 0 bridgehead atoms. The molecule has 1 aliphatic rings. The first-order valence-corrected chi connectivity index (χ1v) is 9.82. The number of hydrogen-bond acceptors (Lipinski definition) is 4. The molecule has 3 aromatic rings. The maximum Gasteiger partial charge on any atom is 0.279 e. The lowest BCUT2D eigenvalue weighted by Crippen LogP contribution is -2.46.